The first-order valence-corrected chi connectivity index (χ1v) is 19.2. The third kappa shape index (κ3) is 12.2. The molecule has 7 unspecified atom stereocenters. The van der Waals surface area contributed by atoms with Crippen LogP contribution in [0.25, 0.3) is 0 Å². The van der Waals surface area contributed by atoms with Crippen LogP contribution in [-0.4, -0.2) is 126 Å². The van der Waals surface area contributed by atoms with Gasteiger partial charge < -0.3 is 25.2 Å². The number of likely N-dealkylation sites (N-methyl/N-ethyl adjacent to an activating group) is 2. The standard InChI is InChI=1S/C37H64N6O5S/c1-12-26(6)35(42(9)37(47)33(24(2)3)40-36(46)34(25(4)5)41(7)8)29(48-10)21-32(45)43-20-14-16-28(43)30(49-11)22-31(44)39-19-17-27-15-13-18-38-23-27/h13,15,18,23-26,28-30,33-35H,12,14,16-17,19-22H2,1-11H3,(H,39,44)(H,40,46). The fraction of sp³-hybridized carbons (Fsp3) is 0.757. The normalized spacial score (nSPS) is 18.6. The highest BCUT2D eigenvalue weighted by atomic mass is 32.2. The Kier molecular flexibility index (Phi) is 18.1. The number of carbonyl (C=O) groups is 4. The topological polar surface area (TPSA) is 124 Å². The maximum Gasteiger partial charge on any atom is 0.245 e. The van der Waals surface area contributed by atoms with Gasteiger partial charge in [-0.3, -0.25) is 29.1 Å². The summed E-state index contributed by atoms with van der Waals surface area (Å²) in [6.07, 6.45) is 8.64. The van der Waals surface area contributed by atoms with Gasteiger partial charge in [-0.05, 0) is 69.0 Å². The van der Waals surface area contributed by atoms with Gasteiger partial charge in [0, 0.05) is 57.4 Å². The van der Waals surface area contributed by atoms with Crippen LogP contribution in [0.15, 0.2) is 24.5 Å². The summed E-state index contributed by atoms with van der Waals surface area (Å²) in [7, 11) is 7.10. The van der Waals surface area contributed by atoms with E-state index in [2.05, 4.69) is 29.5 Å². The lowest BCUT2D eigenvalue weighted by Gasteiger charge is -2.41. The van der Waals surface area contributed by atoms with E-state index in [0.29, 0.717) is 25.9 Å². The molecule has 12 heteroatoms. The van der Waals surface area contributed by atoms with E-state index in [4.69, 9.17) is 4.74 Å². The Bertz CT molecular complexity index is 1180. The second-order valence-electron chi connectivity index (χ2n) is 14.4. The second-order valence-corrected chi connectivity index (χ2v) is 15.5. The number of ether oxygens (including phenoxy) is 1. The minimum Gasteiger partial charge on any atom is -0.379 e. The van der Waals surface area contributed by atoms with Gasteiger partial charge in [-0.15, -0.1) is 0 Å². The van der Waals surface area contributed by atoms with Gasteiger partial charge in [0.2, 0.25) is 23.6 Å². The molecule has 0 radical (unpaired) electrons. The van der Waals surface area contributed by atoms with E-state index in [1.54, 1.807) is 43.2 Å². The minimum absolute atomic E-state index is 0.0219. The van der Waals surface area contributed by atoms with Gasteiger partial charge in [0.05, 0.1) is 24.6 Å². The molecule has 0 bridgehead atoms. The summed E-state index contributed by atoms with van der Waals surface area (Å²) in [6, 6.07) is 2.34. The maximum absolute atomic E-state index is 14.1. The largest absolute Gasteiger partial charge is 0.379 e. The highest BCUT2D eigenvalue weighted by molar-refractivity contribution is 7.99. The van der Waals surface area contributed by atoms with Crippen molar-refractivity contribution in [2.24, 2.45) is 17.8 Å². The van der Waals surface area contributed by atoms with Gasteiger partial charge in [-0.2, -0.15) is 11.8 Å². The predicted molar refractivity (Wildman–Crippen MR) is 198 cm³/mol. The lowest BCUT2D eigenvalue weighted by Crippen LogP contribution is -2.59. The zero-order valence-electron chi connectivity index (χ0n) is 31.9. The Labute approximate surface area is 300 Å². The van der Waals surface area contributed by atoms with Crippen molar-refractivity contribution in [3.8, 4) is 0 Å². The molecule has 1 aliphatic heterocycles. The van der Waals surface area contributed by atoms with Crippen LogP contribution in [0.3, 0.4) is 0 Å². The molecule has 1 saturated heterocycles. The van der Waals surface area contributed by atoms with E-state index in [9.17, 15) is 19.2 Å². The van der Waals surface area contributed by atoms with Crippen molar-refractivity contribution in [1.29, 1.82) is 0 Å². The van der Waals surface area contributed by atoms with E-state index in [1.807, 2.05) is 70.0 Å². The van der Waals surface area contributed by atoms with Gasteiger partial charge >= 0.3 is 0 Å². The summed E-state index contributed by atoms with van der Waals surface area (Å²) in [5.41, 5.74) is 1.07. The third-order valence-electron chi connectivity index (χ3n) is 9.96. The van der Waals surface area contributed by atoms with E-state index in [0.717, 1.165) is 24.8 Å². The van der Waals surface area contributed by atoms with Crippen LogP contribution < -0.4 is 10.6 Å². The number of methoxy groups -OCH3 is 1. The Morgan fingerprint density at radius 2 is 1.78 bits per heavy atom. The van der Waals surface area contributed by atoms with Crippen molar-refractivity contribution < 1.29 is 23.9 Å². The number of nitrogens with one attached hydrogen (secondary N) is 2. The van der Waals surface area contributed by atoms with E-state index in [1.165, 1.54) is 0 Å². The van der Waals surface area contributed by atoms with Crippen molar-refractivity contribution in [3.63, 3.8) is 0 Å². The number of amides is 4. The van der Waals surface area contributed by atoms with Crippen molar-refractivity contribution in [1.82, 2.24) is 30.3 Å². The van der Waals surface area contributed by atoms with Crippen LogP contribution in [-0.2, 0) is 30.3 Å². The molecule has 2 rings (SSSR count). The van der Waals surface area contributed by atoms with Crippen molar-refractivity contribution in [3.05, 3.63) is 30.1 Å². The molecule has 0 aromatic carbocycles. The molecule has 1 aromatic rings. The summed E-state index contributed by atoms with van der Waals surface area (Å²) in [4.78, 5) is 64.1. The quantitative estimate of drug-likeness (QED) is 0.210. The molecule has 1 aromatic heterocycles. The molecule has 278 valence electrons. The van der Waals surface area contributed by atoms with Crippen LogP contribution in [0.1, 0.15) is 79.2 Å². The fourth-order valence-corrected chi connectivity index (χ4v) is 8.05. The summed E-state index contributed by atoms with van der Waals surface area (Å²) < 4.78 is 6.02. The number of pyridine rings is 1. The number of nitrogens with zero attached hydrogens (tertiary/aromatic N) is 4. The van der Waals surface area contributed by atoms with Crippen LogP contribution in [0.2, 0.25) is 0 Å². The third-order valence-corrected chi connectivity index (χ3v) is 11.1. The molecule has 0 spiro atoms. The summed E-state index contributed by atoms with van der Waals surface area (Å²) in [5, 5.41) is 6.05. The van der Waals surface area contributed by atoms with Crippen LogP contribution in [0.5, 0.6) is 0 Å². The average Bonchev–Trinajstić information content (AvgIpc) is 3.55. The molecule has 49 heavy (non-hydrogen) atoms. The molecular formula is C37H64N6O5S. The highest BCUT2D eigenvalue weighted by Crippen LogP contribution is 2.31. The number of likely N-dealkylation sites (tertiary alicyclic amines) is 1. The van der Waals surface area contributed by atoms with E-state index in [-0.39, 0.29) is 71.2 Å². The Morgan fingerprint density at radius 1 is 1.08 bits per heavy atom. The average molecular weight is 705 g/mol. The molecule has 2 heterocycles. The Morgan fingerprint density at radius 3 is 2.31 bits per heavy atom. The summed E-state index contributed by atoms with van der Waals surface area (Å²) in [6.45, 7) is 13.2. The van der Waals surface area contributed by atoms with Gasteiger partial charge in [0.25, 0.3) is 0 Å². The minimum atomic E-state index is -0.723. The molecule has 1 aliphatic rings. The summed E-state index contributed by atoms with van der Waals surface area (Å²) >= 11 is 1.62. The first kappa shape index (κ1) is 42.5. The molecule has 0 aliphatic carbocycles. The number of carbonyl (C=O) groups excluding carboxylic acids is 4. The van der Waals surface area contributed by atoms with E-state index < -0.39 is 12.1 Å². The van der Waals surface area contributed by atoms with Crippen molar-refractivity contribution in [2.45, 2.75) is 116 Å². The van der Waals surface area contributed by atoms with E-state index >= 15 is 0 Å². The molecule has 4 amide bonds. The van der Waals surface area contributed by atoms with Gasteiger partial charge in [-0.25, -0.2) is 0 Å². The molecular weight excluding hydrogens is 641 g/mol. The highest BCUT2D eigenvalue weighted by Gasteiger charge is 2.41. The van der Waals surface area contributed by atoms with Crippen LogP contribution in [0.4, 0.5) is 0 Å². The first-order chi connectivity index (χ1) is 23.2. The van der Waals surface area contributed by atoms with Gasteiger partial charge in [0.15, 0.2) is 0 Å². The number of thioether (sulfide) groups is 1. The molecule has 1 fully saturated rings. The molecule has 7 atom stereocenters. The lowest BCUT2D eigenvalue weighted by molar-refractivity contribution is -0.146. The van der Waals surface area contributed by atoms with Crippen molar-refractivity contribution >= 4 is 35.4 Å². The molecule has 0 saturated carbocycles. The zero-order valence-corrected chi connectivity index (χ0v) is 32.7. The van der Waals surface area contributed by atoms with Crippen molar-refractivity contribution in [2.75, 3.05) is 47.6 Å². The number of rotatable bonds is 20. The molecule has 11 nitrogen and oxygen atoms in total. The monoisotopic (exact) mass is 704 g/mol. The Balaban J connectivity index is 2.17. The number of hydrogen-bond acceptors (Lipinski definition) is 8. The number of aromatic nitrogens is 1. The SMILES string of the molecule is CCC(C)C(C(CC(=O)N1CCCC1C(CC(=O)NCCc1cccnc1)SC)OC)N(C)C(=O)C(NC(=O)C(C(C)C)N(C)C)C(C)C. The van der Waals surface area contributed by atoms with Gasteiger partial charge in [-0.1, -0.05) is 54.0 Å². The second kappa shape index (κ2) is 20.8. The fourth-order valence-electron chi connectivity index (χ4n) is 7.14. The molecule has 2 N–H and O–H groups in total. The van der Waals surface area contributed by atoms with Crippen LogP contribution >= 0.6 is 11.8 Å². The van der Waals surface area contributed by atoms with Gasteiger partial charge in [0.1, 0.15) is 6.04 Å². The smallest absolute Gasteiger partial charge is 0.245 e. The van der Waals surface area contributed by atoms with Crippen LogP contribution in [0, 0.1) is 17.8 Å². The lowest BCUT2D eigenvalue weighted by atomic mass is 9.89. The number of hydrogen-bond donors (Lipinski definition) is 2. The predicted octanol–water partition coefficient (Wildman–Crippen LogP) is 3.86. The maximum atomic E-state index is 14.1. The Hall–Kier alpha value is -2.70. The zero-order chi connectivity index (χ0) is 36.8. The first-order valence-electron chi connectivity index (χ1n) is 17.9. The summed E-state index contributed by atoms with van der Waals surface area (Å²) in [5.74, 6) is -0.464.